The maximum Gasteiger partial charge on any atom is 0.0575 e. The highest BCUT2D eigenvalue weighted by molar-refractivity contribution is 5.92. The average Bonchev–Trinajstić information content (AvgIpc) is 2.92. The molecule has 1 aromatic carbocycles. The van der Waals surface area contributed by atoms with Crippen LogP contribution in [0.4, 0.5) is 5.69 Å². The van der Waals surface area contributed by atoms with Crippen molar-refractivity contribution in [3.63, 3.8) is 0 Å². The molecule has 1 N–H and O–H groups in total. The topological polar surface area (TPSA) is 42.7 Å². The Morgan fingerprint density at radius 3 is 3.00 bits per heavy atom. The molecule has 0 unspecified atom stereocenters. The fourth-order valence-corrected chi connectivity index (χ4v) is 2.25. The minimum absolute atomic E-state index is 0.766. The molecule has 2 aromatic heterocycles. The van der Waals surface area contributed by atoms with Gasteiger partial charge in [-0.15, -0.1) is 0 Å². The zero-order valence-corrected chi connectivity index (χ0v) is 10.9. The van der Waals surface area contributed by atoms with Crippen LogP contribution in [-0.2, 0) is 13.1 Å². The van der Waals surface area contributed by atoms with Crippen molar-refractivity contribution in [1.82, 2.24) is 14.8 Å². The fourth-order valence-electron chi connectivity index (χ4n) is 2.25. The Morgan fingerprint density at radius 1 is 1.16 bits per heavy atom. The van der Waals surface area contributed by atoms with Crippen LogP contribution in [-0.4, -0.2) is 14.8 Å². The van der Waals surface area contributed by atoms with E-state index in [1.165, 1.54) is 11.1 Å². The second-order valence-electron chi connectivity index (χ2n) is 4.39. The molecule has 0 bridgehead atoms. The van der Waals surface area contributed by atoms with Crippen LogP contribution in [0.1, 0.15) is 12.6 Å². The van der Waals surface area contributed by atoms with Crippen molar-refractivity contribution in [1.29, 1.82) is 0 Å². The normalized spacial score (nSPS) is 10.8. The van der Waals surface area contributed by atoms with E-state index in [1.807, 2.05) is 35.4 Å². The van der Waals surface area contributed by atoms with E-state index >= 15 is 0 Å². The molecule has 96 valence electrons. The zero-order chi connectivity index (χ0) is 13.1. The van der Waals surface area contributed by atoms with Crippen molar-refractivity contribution in [2.45, 2.75) is 20.0 Å². The van der Waals surface area contributed by atoms with Crippen LogP contribution in [0.15, 0.2) is 48.9 Å². The molecule has 2 heterocycles. The predicted molar refractivity (Wildman–Crippen MR) is 77.0 cm³/mol. The van der Waals surface area contributed by atoms with E-state index in [0.717, 1.165) is 24.2 Å². The second-order valence-corrected chi connectivity index (χ2v) is 4.39. The Bertz CT molecular complexity index is 682. The second kappa shape index (κ2) is 5.10. The Morgan fingerprint density at radius 2 is 2.11 bits per heavy atom. The molecule has 4 nitrogen and oxygen atoms in total. The minimum atomic E-state index is 0.766. The molecule has 0 aliphatic rings. The highest BCUT2D eigenvalue weighted by Crippen LogP contribution is 2.22. The SMILES string of the molecule is CCn1nccc1CNc1cccc2ccncc12. The summed E-state index contributed by atoms with van der Waals surface area (Å²) in [5.41, 5.74) is 2.29. The molecule has 0 radical (unpaired) electrons. The third-order valence-corrected chi connectivity index (χ3v) is 3.25. The van der Waals surface area contributed by atoms with E-state index in [-0.39, 0.29) is 0 Å². The molecule has 19 heavy (non-hydrogen) atoms. The third-order valence-electron chi connectivity index (χ3n) is 3.25. The standard InChI is InChI=1S/C15H16N4/c1-2-19-13(7-9-18-19)10-17-15-5-3-4-12-6-8-16-11-14(12)15/h3-9,11,17H,2,10H2,1H3. The van der Waals surface area contributed by atoms with Gasteiger partial charge in [0.15, 0.2) is 0 Å². The minimum Gasteiger partial charge on any atom is -0.379 e. The Hall–Kier alpha value is -2.36. The maximum absolute atomic E-state index is 4.27. The van der Waals surface area contributed by atoms with Crippen LogP contribution in [0, 0.1) is 0 Å². The van der Waals surface area contributed by atoms with Crippen LogP contribution in [0.3, 0.4) is 0 Å². The first-order valence-corrected chi connectivity index (χ1v) is 6.46. The van der Waals surface area contributed by atoms with E-state index in [4.69, 9.17) is 0 Å². The van der Waals surface area contributed by atoms with Gasteiger partial charge in [-0.25, -0.2) is 0 Å². The highest BCUT2D eigenvalue weighted by Gasteiger charge is 2.03. The van der Waals surface area contributed by atoms with Gasteiger partial charge in [0.05, 0.1) is 12.2 Å². The van der Waals surface area contributed by atoms with Gasteiger partial charge in [-0.05, 0) is 30.5 Å². The number of nitrogens with one attached hydrogen (secondary N) is 1. The number of pyridine rings is 1. The monoisotopic (exact) mass is 252 g/mol. The average molecular weight is 252 g/mol. The van der Waals surface area contributed by atoms with E-state index in [0.29, 0.717) is 0 Å². The van der Waals surface area contributed by atoms with Gasteiger partial charge >= 0.3 is 0 Å². The maximum atomic E-state index is 4.27. The van der Waals surface area contributed by atoms with Gasteiger partial charge in [-0.2, -0.15) is 5.10 Å². The van der Waals surface area contributed by atoms with E-state index in [1.54, 1.807) is 0 Å². The number of hydrogen-bond acceptors (Lipinski definition) is 3. The first-order chi connectivity index (χ1) is 9.38. The highest BCUT2D eigenvalue weighted by atomic mass is 15.3. The number of aryl methyl sites for hydroxylation is 1. The van der Waals surface area contributed by atoms with E-state index in [2.05, 4.69) is 40.5 Å². The molecule has 0 saturated heterocycles. The Balaban J connectivity index is 1.86. The van der Waals surface area contributed by atoms with Gasteiger partial charge in [0.1, 0.15) is 0 Å². The molecule has 4 heteroatoms. The molecule has 0 aliphatic heterocycles. The van der Waals surface area contributed by atoms with Crippen molar-refractivity contribution in [3.8, 4) is 0 Å². The molecule has 0 saturated carbocycles. The molecule has 3 rings (SSSR count). The molecule has 0 fully saturated rings. The van der Waals surface area contributed by atoms with Crippen LogP contribution in [0.2, 0.25) is 0 Å². The van der Waals surface area contributed by atoms with Crippen LogP contribution < -0.4 is 5.32 Å². The summed E-state index contributed by atoms with van der Waals surface area (Å²) in [7, 11) is 0. The van der Waals surface area contributed by atoms with Crippen molar-refractivity contribution >= 4 is 16.5 Å². The number of benzene rings is 1. The first-order valence-electron chi connectivity index (χ1n) is 6.46. The van der Waals surface area contributed by atoms with Crippen LogP contribution in [0.25, 0.3) is 10.8 Å². The zero-order valence-electron chi connectivity index (χ0n) is 10.9. The van der Waals surface area contributed by atoms with Crippen molar-refractivity contribution in [3.05, 3.63) is 54.6 Å². The number of hydrogen-bond donors (Lipinski definition) is 1. The molecule has 0 aliphatic carbocycles. The number of anilines is 1. The fraction of sp³-hybridized carbons (Fsp3) is 0.200. The van der Waals surface area contributed by atoms with Crippen LogP contribution >= 0.6 is 0 Å². The summed E-state index contributed by atoms with van der Waals surface area (Å²) in [5.74, 6) is 0. The van der Waals surface area contributed by atoms with Crippen LogP contribution in [0.5, 0.6) is 0 Å². The molecule has 0 spiro atoms. The number of rotatable bonds is 4. The molecule has 3 aromatic rings. The summed E-state index contributed by atoms with van der Waals surface area (Å²) in [6.45, 7) is 3.75. The molecule has 0 atom stereocenters. The van der Waals surface area contributed by atoms with Crippen molar-refractivity contribution < 1.29 is 0 Å². The quantitative estimate of drug-likeness (QED) is 0.776. The Labute approximate surface area is 112 Å². The number of nitrogens with zero attached hydrogens (tertiary/aromatic N) is 3. The summed E-state index contributed by atoms with van der Waals surface area (Å²) in [4.78, 5) is 4.19. The molecule has 0 amide bonds. The lowest BCUT2D eigenvalue weighted by molar-refractivity contribution is 0.628. The lowest BCUT2D eigenvalue weighted by Crippen LogP contribution is -2.08. The van der Waals surface area contributed by atoms with Crippen molar-refractivity contribution in [2.75, 3.05) is 5.32 Å². The summed E-state index contributed by atoms with van der Waals surface area (Å²) < 4.78 is 2.00. The van der Waals surface area contributed by atoms with Gasteiger partial charge in [-0.3, -0.25) is 9.67 Å². The van der Waals surface area contributed by atoms with E-state index < -0.39 is 0 Å². The summed E-state index contributed by atoms with van der Waals surface area (Å²) in [5, 5.41) is 10.1. The molecular weight excluding hydrogens is 236 g/mol. The molecular formula is C15H16N4. The summed E-state index contributed by atoms with van der Waals surface area (Å²) in [6, 6.07) is 10.3. The number of aromatic nitrogens is 3. The van der Waals surface area contributed by atoms with Gasteiger partial charge < -0.3 is 5.32 Å². The van der Waals surface area contributed by atoms with E-state index in [9.17, 15) is 0 Å². The largest absolute Gasteiger partial charge is 0.379 e. The summed E-state index contributed by atoms with van der Waals surface area (Å²) in [6.07, 6.45) is 5.55. The van der Waals surface area contributed by atoms with Gasteiger partial charge in [0.25, 0.3) is 0 Å². The van der Waals surface area contributed by atoms with Gasteiger partial charge in [0, 0.05) is 36.2 Å². The third kappa shape index (κ3) is 2.29. The predicted octanol–water partition coefficient (Wildman–Crippen LogP) is 3.06. The first kappa shape index (κ1) is 11.7. The van der Waals surface area contributed by atoms with Gasteiger partial charge in [0.2, 0.25) is 0 Å². The van der Waals surface area contributed by atoms with Crippen molar-refractivity contribution in [2.24, 2.45) is 0 Å². The summed E-state index contributed by atoms with van der Waals surface area (Å²) >= 11 is 0. The van der Waals surface area contributed by atoms with Gasteiger partial charge in [-0.1, -0.05) is 12.1 Å². The lowest BCUT2D eigenvalue weighted by Gasteiger charge is -2.10. The Kier molecular flexibility index (Phi) is 3.14. The smallest absolute Gasteiger partial charge is 0.0575 e. The number of fused-ring (bicyclic) bond motifs is 1. The lowest BCUT2D eigenvalue weighted by atomic mass is 10.1.